The molecular formula is C16H28N2O3. The van der Waals surface area contributed by atoms with Gasteiger partial charge in [-0.15, -0.1) is 0 Å². The number of methoxy groups -OCH3 is 1. The van der Waals surface area contributed by atoms with Crippen molar-refractivity contribution in [2.75, 3.05) is 7.11 Å². The van der Waals surface area contributed by atoms with Crippen molar-refractivity contribution in [3.8, 4) is 0 Å². The Kier molecular flexibility index (Phi) is 4.61. The van der Waals surface area contributed by atoms with E-state index in [9.17, 15) is 9.59 Å². The molecule has 0 bridgehead atoms. The van der Waals surface area contributed by atoms with E-state index in [0.717, 1.165) is 19.3 Å². The molecule has 0 aromatic carbocycles. The third kappa shape index (κ3) is 2.80. The van der Waals surface area contributed by atoms with Gasteiger partial charge < -0.3 is 15.0 Å². The average molecular weight is 296 g/mol. The maximum atomic E-state index is 13.0. The Balaban J connectivity index is 2.31. The molecule has 0 aromatic rings. The van der Waals surface area contributed by atoms with E-state index in [4.69, 9.17) is 4.74 Å². The maximum absolute atomic E-state index is 13.0. The van der Waals surface area contributed by atoms with Crippen molar-refractivity contribution < 1.29 is 14.3 Å². The highest BCUT2D eigenvalue weighted by Gasteiger charge is 2.51. The summed E-state index contributed by atoms with van der Waals surface area (Å²) in [5.41, 5.74) is -0.770. The molecule has 2 rings (SSSR count). The Hall–Kier alpha value is -1.10. The van der Waals surface area contributed by atoms with Crippen LogP contribution in [0.5, 0.6) is 0 Å². The quantitative estimate of drug-likeness (QED) is 0.859. The van der Waals surface area contributed by atoms with Gasteiger partial charge in [-0.25, -0.2) is 0 Å². The minimum Gasteiger partial charge on any atom is -0.381 e. The molecule has 21 heavy (non-hydrogen) atoms. The second-order valence-electron chi connectivity index (χ2n) is 6.90. The monoisotopic (exact) mass is 296 g/mol. The Bertz CT molecular complexity index is 424. The van der Waals surface area contributed by atoms with Crippen molar-refractivity contribution in [2.45, 2.75) is 77.1 Å². The van der Waals surface area contributed by atoms with Crippen LogP contribution in [0.1, 0.15) is 53.4 Å². The molecule has 0 radical (unpaired) electrons. The molecule has 2 aliphatic rings. The van der Waals surface area contributed by atoms with Gasteiger partial charge in [0.2, 0.25) is 11.8 Å². The fourth-order valence-corrected chi connectivity index (χ4v) is 3.58. The zero-order chi connectivity index (χ0) is 15.8. The number of amides is 2. The van der Waals surface area contributed by atoms with Crippen LogP contribution >= 0.6 is 0 Å². The standard InChI is InChI=1S/C16H28N2O3/c1-6-16(4)15(20)18(11-7-8-12(9-11)21-5)13(10(2)3)14(19)17-16/h10-13H,6-9H2,1-5H3,(H,17,19). The molecule has 1 heterocycles. The Labute approximate surface area is 127 Å². The zero-order valence-electron chi connectivity index (χ0n) is 13.8. The number of rotatable bonds is 4. The highest BCUT2D eigenvalue weighted by Crippen LogP contribution is 2.34. The van der Waals surface area contributed by atoms with Crippen LogP contribution < -0.4 is 5.32 Å². The van der Waals surface area contributed by atoms with Gasteiger partial charge in [0.25, 0.3) is 0 Å². The molecule has 1 N–H and O–H groups in total. The number of hydrogen-bond donors (Lipinski definition) is 1. The summed E-state index contributed by atoms with van der Waals surface area (Å²) in [6.45, 7) is 7.78. The summed E-state index contributed by atoms with van der Waals surface area (Å²) >= 11 is 0. The molecular weight excluding hydrogens is 268 g/mol. The summed E-state index contributed by atoms with van der Waals surface area (Å²) < 4.78 is 5.43. The van der Waals surface area contributed by atoms with Crippen LogP contribution in [0.25, 0.3) is 0 Å². The van der Waals surface area contributed by atoms with Gasteiger partial charge in [0, 0.05) is 13.2 Å². The minimum atomic E-state index is -0.770. The van der Waals surface area contributed by atoms with Gasteiger partial charge in [-0.1, -0.05) is 20.8 Å². The van der Waals surface area contributed by atoms with Crippen molar-refractivity contribution in [1.29, 1.82) is 0 Å². The van der Waals surface area contributed by atoms with Crippen LogP contribution in [-0.4, -0.2) is 47.6 Å². The van der Waals surface area contributed by atoms with Crippen molar-refractivity contribution in [3.05, 3.63) is 0 Å². The number of piperazine rings is 1. The molecule has 120 valence electrons. The van der Waals surface area contributed by atoms with Gasteiger partial charge in [0.1, 0.15) is 11.6 Å². The lowest BCUT2D eigenvalue weighted by Crippen LogP contribution is -2.71. The fourth-order valence-electron chi connectivity index (χ4n) is 3.58. The number of ether oxygens (including phenoxy) is 1. The first-order chi connectivity index (χ1) is 9.84. The van der Waals surface area contributed by atoms with E-state index >= 15 is 0 Å². The summed E-state index contributed by atoms with van der Waals surface area (Å²) in [5, 5.41) is 2.94. The Morgan fingerprint density at radius 2 is 2.05 bits per heavy atom. The van der Waals surface area contributed by atoms with E-state index in [-0.39, 0.29) is 35.9 Å². The minimum absolute atomic E-state index is 0.0187. The summed E-state index contributed by atoms with van der Waals surface area (Å²) in [5.74, 6) is 0.150. The molecule has 1 saturated carbocycles. The van der Waals surface area contributed by atoms with Crippen LogP contribution in [-0.2, 0) is 14.3 Å². The van der Waals surface area contributed by atoms with E-state index < -0.39 is 5.54 Å². The normalized spacial score (nSPS) is 37.2. The molecule has 1 aliphatic heterocycles. The van der Waals surface area contributed by atoms with E-state index in [2.05, 4.69) is 5.32 Å². The van der Waals surface area contributed by atoms with E-state index in [1.165, 1.54) is 0 Å². The van der Waals surface area contributed by atoms with Crippen molar-refractivity contribution in [2.24, 2.45) is 5.92 Å². The van der Waals surface area contributed by atoms with Gasteiger partial charge in [-0.05, 0) is 38.5 Å². The van der Waals surface area contributed by atoms with Gasteiger partial charge in [-0.3, -0.25) is 9.59 Å². The molecule has 4 unspecified atom stereocenters. The van der Waals surface area contributed by atoms with Gasteiger partial charge >= 0.3 is 0 Å². The summed E-state index contributed by atoms with van der Waals surface area (Å²) in [4.78, 5) is 27.4. The van der Waals surface area contributed by atoms with E-state index in [0.29, 0.717) is 6.42 Å². The summed E-state index contributed by atoms with van der Waals surface area (Å²) in [6.07, 6.45) is 3.52. The molecule has 5 heteroatoms. The van der Waals surface area contributed by atoms with Gasteiger partial charge in [-0.2, -0.15) is 0 Å². The second kappa shape index (κ2) is 5.95. The largest absolute Gasteiger partial charge is 0.381 e. The number of hydrogen-bond acceptors (Lipinski definition) is 3. The highest BCUT2D eigenvalue weighted by atomic mass is 16.5. The Morgan fingerprint density at radius 3 is 2.52 bits per heavy atom. The van der Waals surface area contributed by atoms with E-state index in [1.54, 1.807) is 7.11 Å². The third-order valence-electron chi connectivity index (χ3n) is 5.10. The number of carbonyl (C=O) groups is 2. The summed E-state index contributed by atoms with van der Waals surface area (Å²) in [6, 6.07) is -0.246. The first-order valence-corrected chi connectivity index (χ1v) is 8.01. The van der Waals surface area contributed by atoms with Crippen molar-refractivity contribution >= 4 is 11.8 Å². The van der Waals surface area contributed by atoms with Crippen LogP contribution in [0.4, 0.5) is 0 Å². The predicted molar refractivity (Wildman–Crippen MR) is 80.7 cm³/mol. The lowest BCUT2D eigenvalue weighted by molar-refractivity contribution is -0.159. The average Bonchev–Trinajstić information content (AvgIpc) is 2.90. The molecule has 5 nitrogen and oxygen atoms in total. The first-order valence-electron chi connectivity index (χ1n) is 8.01. The topological polar surface area (TPSA) is 58.6 Å². The van der Waals surface area contributed by atoms with Gasteiger partial charge in [0.05, 0.1) is 6.10 Å². The predicted octanol–water partition coefficient (Wildman–Crippen LogP) is 1.71. The van der Waals surface area contributed by atoms with Crippen molar-refractivity contribution in [1.82, 2.24) is 10.2 Å². The second-order valence-corrected chi connectivity index (χ2v) is 6.90. The van der Waals surface area contributed by atoms with Crippen LogP contribution in [0.15, 0.2) is 0 Å². The molecule has 0 aromatic heterocycles. The molecule has 1 saturated heterocycles. The first kappa shape index (κ1) is 16.3. The number of nitrogens with zero attached hydrogens (tertiary/aromatic N) is 1. The van der Waals surface area contributed by atoms with Gasteiger partial charge in [0.15, 0.2) is 0 Å². The molecule has 1 aliphatic carbocycles. The molecule has 2 amide bonds. The summed E-state index contributed by atoms with van der Waals surface area (Å²) in [7, 11) is 1.72. The molecule has 2 fully saturated rings. The van der Waals surface area contributed by atoms with Crippen LogP contribution in [0.2, 0.25) is 0 Å². The zero-order valence-corrected chi connectivity index (χ0v) is 13.8. The lowest BCUT2D eigenvalue weighted by atomic mass is 9.87. The highest BCUT2D eigenvalue weighted by molar-refractivity contribution is 5.99. The lowest BCUT2D eigenvalue weighted by Gasteiger charge is -2.48. The SMILES string of the molecule is CCC1(C)NC(=O)C(C(C)C)N(C2CCC(OC)C2)C1=O. The number of carbonyl (C=O) groups excluding carboxylic acids is 2. The Morgan fingerprint density at radius 1 is 1.38 bits per heavy atom. The van der Waals surface area contributed by atoms with Crippen LogP contribution in [0, 0.1) is 5.92 Å². The van der Waals surface area contributed by atoms with Crippen LogP contribution in [0.3, 0.4) is 0 Å². The maximum Gasteiger partial charge on any atom is 0.248 e. The van der Waals surface area contributed by atoms with E-state index in [1.807, 2.05) is 32.6 Å². The number of nitrogens with one attached hydrogen (secondary N) is 1. The van der Waals surface area contributed by atoms with Crippen molar-refractivity contribution in [3.63, 3.8) is 0 Å². The third-order valence-corrected chi connectivity index (χ3v) is 5.10. The fraction of sp³-hybridized carbons (Fsp3) is 0.875. The smallest absolute Gasteiger partial charge is 0.248 e. The molecule has 0 spiro atoms. The molecule has 4 atom stereocenters.